The van der Waals surface area contributed by atoms with Crippen molar-refractivity contribution in [3.8, 4) is 0 Å². The summed E-state index contributed by atoms with van der Waals surface area (Å²) in [6.07, 6.45) is 1.22. The van der Waals surface area contributed by atoms with Crippen LogP contribution in [0.25, 0.3) is 0 Å². The molecular formula is C9H14IN3O2. The molecule has 0 spiro atoms. The summed E-state index contributed by atoms with van der Waals surface area (Å²) < 4.78 is 10.7. The molecule has 1 amide bonds. The maximum Gasteiger partial charge on any atom is 0.415 e. The minimum Gasteiger partial charge on any atom is -0.452 e. The molecule has 0 aromatic heterocycles. The van der Waals surface area contributed by atoms with Crippen LogP contribution >= 0.6 is 21.0 Å². The van der Waals surface area contributed by atoms with Crippen LogP contribution in [0.1, 0.15) is 20.8 Å². The fraction of sp³-hybridized carbons (Fsp3) is 0.556. The van der Waals surface area contributed by atoms with Crippen molar-refractivity contribution in [3.63, 3.8) is 0 Å². The van der Waals surface area contributed by atoms with Crippen molar-refractivity contribution in [2.75, 3.05) is 7.11 Å². The van der Waals surface area contributed by atoms with E-state index in [0.29, 0.717) is 5.84 Å². The van der Waals surface area contributed by atoms with Crippen molar-refractivity contribution in [2.45, 2.75) is 26.3 Å². The molecule has 0 fully saturated rings. The van der Waals surface area contributed by atoms with E-state index in [1.807, 2.05) is 20.8 Å². The zero-order valence-corrected chi connectivity index (χ0v) is 11.3. The van der Waals surface area contributed by atoms with Crippen molar-refractivity contribution >= 4 is 43.3 Å². The topological polar surface area (TPSA) is 54.3 Å². The molecule has 0 radical (unpaired) electrons. The SMILES string of the molecule is COC(=O)N(C1=NC=IN=C1)C(C)(C)C. The van der Waals surface area contributed by atoms with Gasteiger partial charge in [-0.25, -0.2) is 13.0 Å². The lowest BCUT2D eigenvalue weighted by molar-refractivity contribution is 0.121. The van der Waals surface area contributed by atoms with Crippen LogP contribution in [0.5, 0.6) is 0 Å². The van der Waals surface area contributed by atoms with E-state index in [4.69, 9.17) is 4.74 Å². The van der Waals surface area contributed by atoms with Gasteiger partial charge in [-0.15, -0.1) is 0 Å². The van der Waals surface area contributed by atoms with Crippen LogP contribution in [-0.4, -0.2) is 39.8 Å². The summed E-state index contributed by atoms with van der Waals surface area (Å²) in [5.41, 5.74) is -0.374. The molecule has 0 saturated carbocycles. The minimum absolute atomic E-state index is 0.321. The Morgan fingerprint density at radius 2 is 2.20 bits per heavy atom. The molecule has 1 rings (SSSR count). The fourth-order valence-corrected chi connectivity index (χ4v) is 2.08. The Morgan fingerprint density at radius 3 is 2.60 bits per heavy atom. The first-order valence-corrected chi connectivity index (χ1v) is 6.61. The maximum atomic E-state index is 11.6. The first kappa shape index (κ1) is 12.3. The van der Waals surface area contributed by atoms with Gasteiger partial charge in [-0.3, -0.25) is 4.90 Å². The Kier molecular flexibility index (Phi) is 3.95. The second kappa shape index (κ2) is 4.82. The van der Waals surface area contributed by atoms with Crippen molar-refractivity contribution in [3.05, 3.63) is 0 Å². The number of ether oxygens (including phenoxy) is 1. The molecule has 0 aliphatic carbocycles. The van der Waals surface area contributed by atoms with Gasteiger partial charge in [0.25, 0.3) is 0 Å². The molecule has 6 heteroatoms. The largest absolute Gasteiger partial charge is 0.452 e. The molecular weight excluding hydrogens is 309 g/mol. The lowest BCUT2D eigenvalue weighted by atomic mass is 10.1. The van der Waals surface area contributed by atoms with Gasteiger partial charge in [0, 0.05) is 26.5 Å². The molecule has 1 heterocycles. The molecule has 0 N–H and O–H groups in total. The van der Waals surface area contributed by atoms with Gasteiger partial charge >= 0.3 is 6.09 Å². The quantitative estimate of drug-likeness (QED) is 0.640. The summed E-state index contributed by atoms with van der Waals surface area (Å²) in [6, 6.07) is 0. The third-order valence-corrected chi connectivity index (χ3v) is 2.83. The van der Waals surface area contributed by atoms with E-state index in [-0.39, 0.29) is 26.5 Å². The number of carbonyl (C=O) groups is 1. The van der Waals surface area contributed by atoms with Gasteiger partial charge in [0.05, 0.1) is 17.5 Å². The predicted molar refractivity (Wildman–Crippen MR) is 70.0 cm³/mol. The van der Waals surface area contributed by atoms with Gasteiger partial charge in [-0.05, 0) is 20.8 Å². The Balaban J connectivity index is 3.02. The molecule has 1 aliphatic rings. The smallest absolute Gasteiger partial charge is 0.415 e. The molecule has 0 unspecified atom stereocenters. The number of hydrogen-bond acceptors (Lipinski definition) is 4. The van der Waals surface area contributed by atoms with E-state index in [1.54, 1.807) is 10.4 Å². The Labute approximate surface area is 99.3 Å². The highest BCUT2D eigenvalue weighted by Crippen LogP contribution is 2.16. The van der Waals surface area contributed by atoms with E-state index < -0.39 is 6.09 Å². The normalized spacial score (nSPS) is 15.3. The highest BCUT2D eigenvalue weighted by atomic mass is 127. The number of carbonyl (C=O) groups excluding carboxylic acids is 1. The molecule has 1 aliphatic heterocycles. The molecule has 0 aromatic carbocycles. The first-order valence-electron chi connectivity index (χ1n) is 4.40. The number of aliphatic imine (C=N–C) groups is 1. The highest BCUT2D eigenvalue weighted by Gasteiger charge is 2.31. The average molecular weight is 323 g/mol. The van der Waals surface area contributed by atoms with Crippen LogP contribution in [0.4, 0.5) is 4.79 Å². The third-order valence-electron chi connectivity index (χ3n) is 1.70. The molecule has 0 bridgehead atoms. The fourth-order valence-electron chi connectivity index (χ4n) is 1.12. The molecule has 84 valence electrons. The number of halogens is 1. The number of hydrogen-bond donors (Lipinski definition) is 0. The highest BCUT2D eigenvalue weighted by molar-refractivity contribution is 14.2. The van der Waals surface area contributed by atoms with E-state index in [0.717, 1.165) is 0 Å². The summed E-state index contributed by atoms with van der Waals surface area (Å²) in [5.74, 6) is 0.542. The third kappa shape index (κ3) is 3.08. The van der Waals surface area contributed by atoms with Gasteiger partial charge in [0.2, 0.25) is 0 Å². The predicted octanol–water partition coefficient (Wildman–Crippen LogP) is 1.98. The second-order valence-corrected chi connectivity index (χ2v) is 5.56. The van der Waals surface area contributed by atoms with Crippen LogP contribution in [0.2, 0.25) is 0 Å². The number of amidine groups is 1. The maximum absolute atomic E-state index is 11.6. The second-order valence-electron chi connectivity index (χ2n) is 3.89. The zero-order chi connectivity index (χ0) is 11.5. The van der Waals surface area contributed by atoms with Crippen LogP contribution < -0.4 is 0 Å². The molecule has 0 saturated heterocycles. The summed E-state index contributed by atoms with van der Waals surface area (Å²) in [5, 5.41) is 0. The monoisotopic (exact) mass is 323 g/mol. The summed E-state index contributed by atoms with van der Waals surface area (Å²) in [7, 11) is 1.36. The minimum atomic E-state index is -0.416. The molecule has 0 atom stereocenters. The van der Waals surface area contributed by atoms with Crippen LogP contribution in [-0.2, 0) is 4.74 Å². The van der Waals surface area contributed by atoms with E-state index >= 15 is 0 Å². The summed E-state index contributed by atoms with van der Waals surface area (Å²) in [4.78, 5) is 17.3. The van der Waals surface area contributed by atoms with Crippen molar-refractivity contribution in [1.82, 2.24) is 4.90 Å². The van der Waals surface area contributed by atoms with Crippen LogP contribution in [0.15, 0.2) is 8.20 Å². The number of methoxy groups -OCH3 is 1. The zero-order valence-electron chi connectivity index (χ0n) is 9.19. The lowest BCUT2D eigenvalue weighted by Gasteiger charge is -2.33. The van der Waals surface area contributed by atoms with E-state index in [9.17, 15) is 4.79 Å². The lowest BCUT2D eigenvalue weighted by Crippen LogP contribution is -2.50. The Morgan fingerprint density at radius 1 is 1.53 bits per heavy atom. The summed E-state index contributed by atoms with van der Waals surface area (Å²) in [6.45, 7) is 5.76. The standard InChI is InChI=1S/C9H14IN3O2/c1-9(2,3)13(8(14)15-4)7-5-12-10-6-11-7/h5-6H,1-4H3. The van der Waals surface area contributed by atoms with E-state index in [2.05, 4.69) is 8.20 Å². The number of amides is 1. The average Bonchev–Trinajstić information content (AvgIpc) is 2.17. The number of rotatable bonds is 0. The van der Waals surface area contributed by atoms with Crippen LogP contribution in [0, 0.1) is 0 Å². The van der Waals surface area contributed by atoms with Crippen LogP contribution in [0.3, 0.4) is 0 Å². The number of nitrogens with zero attached hydrogens (tertiary/aromatic N) is 3. The Hall–Kier alpha value is -0.790. The van der Waals surface area contributed by atoms with Gasteiger partial charge in [0.15, 0.2) is 5.84 Å². The van der Waals surface area contributed by atoms with E-state index in [1.165, 1.54) is 12.0 Å². The van der Waals surface area contributed by atoms with Crippen molar-refractivity contribution in [1.29, 1.82) is 0 Å². The molecule has 5 nitrogen and oxygen atoms in total. The van der Waals surface area contributed by atoms with Gasteiger partial charge in [-0.2, -0.15) is 0 Å². The van der Waals surface area contributed by atoms with Gasteiger partial charge in [-0.1, -0.05) is 0 Å². The van der Waals surface area contributed by atoms with Gasteiger partial charge in [0.1, 0.15) is 0 Å². The first-order chi connectivity index (χ1) is 6.96. The molecule has 15 heavy (non-hydrogen) atoms. The van der Waals surface area contributed by atoms with Gasteiger partial charge < -0.3 is 4.74 Å². The van der Waals surface area contributed by atoms with Crippen molar-refractivity contribution < 1.29 is 9.53 Å². The van der Waals surface area contributed by atoms with Crippen molar-refractivity contribution in [2.24, 2.45) is 8.20 Å². The summed E-state index contributed by atoms with van der Waals surface area (Å²) >= 11 is -0.321. The Bertz CT molecular complexity index is 342. The molecule has 0 aromatic rings.